The maximum atomic E-state index is 12.6. The second-order valence-corrected chi connectivity index (χ2v) is 6.92. The molecule has 1 aliphatic heterocycles. The zero-order valence-electron chi connectivity index (χ0n) is 15.8. The van der Waals surface area contributed by atoms with Gasteiger partial charge in [-0.25, -0.2) is 0 Å². The minimum Gasteiger partial charge on any atom is -0.497 e. The van der Waals surface area contributed by atoms with Gasteiger partial charge in [0.2, 0.25) is 0 Å². The van der Waals surface area contributed by atoms with Gasteiger partial charge in [0.15, 0.2) is 0 Å². The van der Waals surface area contributed by atoms with Crippen LogP contribution in [0.2, 0.25) is 0 Å². The van der Waals surface area contributed by atoms with Gasteiger partial charge in [0.25, 0.3) is 0 Å². The van der Waals surface area contributed by atoms with Crippen molar-refractivity contribution in [2.45, 2.75) is 25.2 Å². The van der Waals surface area contributed by atoms with Crippen LogP contribution in [-0.2, 0) is 6.42 Å². The van der Waals surface area contributed by atoms with E-state index in [1.165, 1.54) is 12.1 Å². The lowest BCUT2D eigenvalue weighted by Crippen LogP contribution is -2.18. The molecule has 1 unspecified atom stereocenters. The van der Waals surface area contributed by atoms with Crippen molar-refractivity contribution in [1.82, 2.24) is 0 Å². The quantitative estimate of drug-likeness (QED) is 0.554. The fraction of sp³-hybridized carbons (Fsp3) is 0.217. The fourth-order valence-electron chi connectivity index (χ4n) is 3.78. The Morgan fingerprint density at radius 3 is 2.48 bits per heavy atom. The first-order chi connectivity index (χ1) is 13.9. The molecule has 0 fully saturated rings. The molecule has 1 heterocycles. The Balaban J connectivity index is 1.63. The zero-order valence-corrected chi connectivity index (χ0v) is 15.8. The molecule has 0 amide bonds. The van der Waals surface area contributed by atoms with Crippen molar-refractivity contribution in [2.24, 2.45) is 0 Å². The number of anilines is 1. The fourth-order valence-corrected chi connectivity index (χ4v) is 3.78. The molecular formula is C23H20F3NO2. The smallest absolute Gasteiger partial charge is 0.497 e. The van der Waals surface area contributed by atoms with E-state index in [1.807, 2.05) is 36.4 Å². The molecule has 0 radical (unpaired) electrons. The molecule has 0 saturated heterocycles. The lowest BCUT2D eigenvalue weighted by molar-refractivity contribution is -0.274. The van der Waals surface area contributed by atoms with Gasteiger partial charge >= 0.3 is 6.36 Å². The number of hydrogen-bond donors (Lipinski definition) is 1. The molecule has 1 aliphatic rings. The first-order valence-electron chi connectivity index (χ1n) is 9.31. The number of rotatable bonds is 4. The van der Waals surface area contributed by atoms with E-state index in [0.29, 0.717) is 5.56 Å². The summed E-state index contributed by atoms with van der Waals surface area (Å²) in [4.78, 5) is 0. The third-order valence-corrected chi connectivity index (χ3v) is 5.06. The van der Waals surface area contributed by atoms with Crippen LogP contribution in [-0.4, -0.2) is 13.5 Å². The highest BCUT2D eigenvalue weighted by Crippen LogP contribution is 2.39. The van der Waals surface area contributed by atoms with E-state index in [1.54, 1.807) is 19.2 Å². The van der Waals surface area contributed by atoms with Gasteiger partial charge in [0.05, 0.1) is 13.2 Å². The maximum Gasteiger partial charge on any atom is 0.573 e. The van der Waals surface area contributed by atoms with E-state index < -0.39 is 6.36 Å². The largest absolute Gasteiger partial charge is 0.573 e. The van der Waals surface area contributed by atoms with Crippen LogP contribution >= 0.6 is 0 Å². The van der Waals surface area contributed by atoms with Crippen molar-refractivity contribution in [3.8, 4) is 22.6 Å². The molecule has 150 valence electrons. The molecular weight excluding hydrogens is 379 g/mol. The van der Waals surface area contributed by atoms with Gasteiger partial charge in [-0.1, -0.05) is 36.4 Å². The predicted molar refractivity (Wildman–Crippen MR) is 106 cm³/mol. The van der Waals surface area contributed by atoms with E-state index in [9.17, 15) is 13.2 Å². The van der Waals surface area contributed by atoms with Gasteiger partial charge in [-0.3, -0.25) is 0 Å². The minimum atomic E-state index is -4.71. The normalized spacial score (nSPS) is 15.9. The minimum absolute atomic E-state index is 0.146. The molecule has 4 rings (SSSR count). The second kappa shape index (κ2) is 7.70. The Hall–Kier alpha value is -3.15. The first kappa shape index (κ1) is 19.2. The topological polar surface area (TPSA) is 30.5 Å². The van der Waals surface area contributed by atoms with E-state index in [0.717, 1.165) is 41.0 Å². The van der Waals surface area contributed by atoms with Crippen LogP contribution in [0.25, 0.3) is 11.1 Å². The molecule has 3 aromatic carbocycles. The number of halogens is 3. The van der Waals surface area contributed by atoms with Crippen LogP contribution in [0.4, 0.5) is 18.9 Å². The molecule has 3 aromatic rings. The van der Waals surface area contributed by atoms with Gasteiger partial charge < -0.3 is 14.8 Å². The van der Waals surface area contributed by atoms with Crippen LogP contribution < -0.4 is 14.8 Å². The van der Waals surface area contributed by atoms with E-state index in [4.69, 9.17) is 4.74 Å². The molecule has 1 N–H and O–H groups in total. The lowest BCUT2D eigenvalue weighted by Gasteiger charge is -2.29. The first-order valence-corrected chi connectivity index (χ1v) is 9.31. The number of methoxy groups -OCH3 is 1. The maximum absolute atomic E-state index is 12.6. The number of alkyl halides is 3. The molecule has 29 heavy (non-hydrogen) atoms. The van der Waals surface area contributed by atoms with Crippen LogP contribution in [0.1, 0.15) is 23.6 Å². The highest BCUT2D eigenvalue weighted by atomic mass is 19.4. The summed E-state index contributed by atoms with van der Waals surface area (Å²) in [5.74, 6) is 0.593. The van der Waals surface area contributed by atoms with Gasteiger partial charge in [0, 0.05) is 5.69 Å². The molecule has 3 nitrogen and oxygen atoms in total. The van der Waals surface area contributed by atoms with Crippen LogP contribution in [0.5, 0.6) is 11.5 Å². The number of nitrogens with one attached hydrogen (secondary N) is 1. The Bertz CT molecular complexity index is 1020. The number of ether oxygens (including phenoxy) is 2. The summed E-state index contributed by atoms with van der Waals surface area (Å²) in [7, 11) is 1.64. The monoisotopic (exact) mass is 399 g/mol. The van der Waals surface area contributed by atoms with Gasteiger partial charge in [-0.05, 0) is 65.4 Å². The highest BCUT2D eigenvalue weighted by Gasteiger charge is 2.31. The van der Waals surface area contributed by atoms with Crippen molar-refractivity contribution in [1.29, 1.82) is 0 Å². The summed E-state index contributed by atoms with van der Waals surface area (Å²) in [5.41, 5.74) is 4.83. The lowest BCUT2D eigenvalue weighted by atomic mass is 9.88. The average Bonchev–Trinajstić information content (AvgIpc) is 2.72. The Morgan fingerprint density at radius 2 is 1.69 bits per heavy atom. The molecule has 6 heteroatoms. The number of hydrogen-bond acceptors (Lipinski definition) is 3. The van der Waals surface area contributed by atoms with Crippen LogP contribution in [0.15, 0.2) is 66.7 Å². The third kappa shape index (κ3) is 4.31. The van der Waals surface area contributed by atoms with Gasteiger partial charge in [-0.15, -0.1) is 13.2 Å². The van der Waals surface area contributed by atoms with Crippen LogP contribution in [0, 0.1) is 0 Å². The number of benzene rings is 3. The molecule has 0 saturated carbocycles. The van der Waals surface area contributed by atoms with Crippen molar-refractivity contribution in [2.75, 3.05) is 12.4 Å². The number of fused-ring (bicyclic) bond motifs is 1. The zero-order chi connectivity index (χ0) is 20.4. The summed E-state index contributed by atoms with van der Waals surface area (Å²) >= 11 is 0. The Kier molecular flexibility index (Phi) is 5.09. The van der Waals surface area contributed by atoms with Crippen molar-refractivity contribution in [3.63, 3.8) is 0 Å². The van der Waals surface area contributed by atoms with E-state index in [-0.39, 0.29) is 11.8 Å². The summed E-state index contributed by atoms with van der Waals surface area (Å²) in [6, 6.07) is 20.1. The molecule has 0 aliphatic carbocycles. The summed E-state index contributed by atoms with van der Waals surface area (Å²) < 4.78 is 47.1. The van der Waals surface area contributed by atoms with Gasteiger partial charge in [0.1, 0.15) is 11.5 Å². The standard InChI is InChI=1S/C23H20F3NO2/c1-28-17-7-3-6-16(14-17)21-12-11-20-19(9-4-10-22(20)27-21)15-5-2-8-18(13-15)29-23(24,25)26/h2-10,13-14,21,27H,11-12H2,1H3. The Labute approximate surface area is 167 Å². The third-order valence-electron chi connectivity index (χ3n) is 5.06. The average molecular weight is 399 g/mol. The summed E-state index contributed by atoms with van der Waals surface area (Å²) in [5, 5.41) is 3.56. The predicted octanol–water partition coefficient (Wildman–Crippen LogP) is 6.36. The molecule has 1 atom stereocenters. The van der Waals surface area contributed by atoms with Crippen molar-refractivity contribution < 1.29 is 22.6 Å². The van der Waals surface area contributed by atoms with Crippen molar-refractivity contribution >= 4 is 5.69 Å². The summed E-state index contributed by atoms with van der Waals surface area (Å²) in [6.07, 6.45) is -3.03. The van der Waals surface area contributed by atoms with E-state index >= 15 is 0 Å². The van der Waals surface area contributed by atoms with Crippen LogP contribution in [0.3, 0.4) is 0 Å². The molecule has 0 bridgehead atoms. The SMILES string of the molecule is COc1cccc(C2CCc3c(cccc3-c3cccc(OC(F)(F)F)c3)N2)c1. The highest BCUT2D eigenvalue weighted by molar-refractivity contribution is 5.76. The Morgan fingerprint density at radius 1 is 0.931 bits per heavy atom. The van der Waals surface area contributed by atoms with Gasteiger partial charge in [-0.2, -0.15) is 0 Å². The summed E-state index contributed by atoms with van der Waals surface area (Å²) in [6.45, 7) is 0. The van der Waals surface area contributed by atoms with E-state index in [2.05, 4.69) is 16.1 Å². The van der Waals surface area contributed by atoms with Crippen molar-refractivity contribution in [3.05, 3.63) is 77.9 Å². The second-order valence-electron chi connectivity index (χ2n) is 6.92. The molecule has 0 spiro atoms. The molecule has 0 aromatic heterocycles.